The maximum Gasteiger partial charge on any atom is 0.248 e. The minimum Gasteiger partial charge on any atom is -0.377 e. The Hall–Kier alpha value is -2.19. The van der Waals surface area contributed by atoms with Gasteiger partial charge in [-0.2, -0.15) is 0 Å². The van der Waals surface area contributed by atoms with Crippen LogP contribution in [0.4, 0.5) is 5.69 Å². The Morgan fingerprint density at radius 1 is 1.14 bits per heavy atom. The Morgan fingerprint density at radius 2 is 1.86 bits per heavy atom. The third kappa shape index (κ3) is 5.90. The standard InChI is InChI=1S/C20H21ClN2O4S/c21-16-6-3-15(4-7-16)5-12-20(24)23-17-8-10-19(11-9-17)28(25,26)22-14-18-2-1-13-27-18/h3-12,18,22H,1-2,13-14H2,(H,23,24)/b12-5+. The fourth-order valence-electron chi connectivity index (χ4n) is 2.74. The summed E-state index contributed by atoms with van der Waals surface area (Å²) >= 11 is 5.82. The summed E-state index contributed by atoms with van der Waals surface area (Å²) in [5, 5.41) is 3.32. The lowest BCUT2D eigenvalue weighted by atomic mass is 10.2. The molecule has 0 aliphatic carbocycles. The van der Waals surface area contributed by atoms with E-state index < -0.39 is 10.0 Å². The van der Waals surface area contributed by atoms with E-state index >= 15 is 0 Å². The zero-order chi connectivity index (χ0) is 20.0. The fourth-order valence-corrected chi connectivity index (χ4v) is 3.93. The van der Waals surface area contributed by atoms with Gasteiger partial charge in [0.1, 0.15) is 0 Å². The molecule has 2 aromatic carbocycles. The molecule has 2 N–H and O–H groups in total. The summed E-state index contributed by atoms with van der Waals surface area (Å²) in [6, 6.07) is 13.1. The van der Waals surface area contributed by atoms with Crippen LogP contribution >= 0.6 is 11.6 Å². The molecule has 1 fully saturated rings. The van der Waals surface area contributed by atoms with Crippen LogP contribution < -0.4 is 10.0 Å². The molecule has 0 spiro atoms. The smallest absolute Gasteiger partial charge is 0.248 e. The molecule has 1 heterocycles. The highest BCUT2D eigenvalue weighted by molar-refractivity contribution is 7.89. The summed E-state index contributed by atoms with van der Waals surface area (Å²) in [6.07, 6.45) is 4.81. The van der Waals surface area contributed by atoms with Crippen LogP contribution in [0, 0.1) is 0 Å². The number of halogens is 1. The Kier molecular flexibility index (Phi) is 6.85. The summed E-state index contributed by atoms with van der Waals surface area (Å²) in [5.41, 5.74) is 1.35. The van der Waals surface area contributed by atoms with Gasteiger partial charge >= 0.3 is 0 Å². The van der Waals surface area contributed by atoms with Crippen molar-refractivity contribution in [3.63, 3.8) is 0 Å². The van der Waals surface area contributed by atoms with Gasteiger partial charge in [0.05, 0.1) is 11.0 Å². The van der Waals surface area contributed by atoms with Crippen LogP contribution in [0.15, 0.2) is 59.5 Å². The number of nitrogens with one attached hydrogen (secondary N) is 2. The number of carbonyl (C=O) groups excluding carboxylic acids is 1. The van der Waals surface area contributed by atoms with Gasteiger partial charge in [0.15, 0.2) is 0 Å². The summed E-state index contributed by atoms with van der Waals surface area (Å²) in [4.78, 5) is 12.2. The van der Waals surface area contributed by atoms with Crippen molar-refractivity contribution >= 4 is 39.3 Å². The van der Waals surface area contributed by atoms with Crippen molar-refractivity contribution in [2.45, 2.75) is 23.8 Å². The maximum atomic E-state index is 12.3. The maximum absolute atomic E-state index is 12.3. The fraction of sp³-hybridized carbons (Fsp3) is 0.250. The van der Waals surface area contributed by atoms with E-state index in [9.17, 15) is 13.2 Å². The molecule has 1 amide bonds. The van der Waals surface area contributed by atoms with Crippen LogP contribution in [0.2, 0.25) is 5.02 Å². The van der Waals surface area contributed by atoms with Crippen LogP contribution in [0.3, 0.4) is 0 Å². The molecular formula is C20H21ClN2O4S. The molecule has 0 bridgehead atoms. The Balaban J connectivity index is 1.55. The number of benzene rings is 2. The van der Waals surface area contributed by atoms with Gasteiger partial charge in [0, 0.05) is 29.9 Å². The minimum atomic E-state index is -3.61. The van der Waals surface area contributed by atoms with Gasteiger partial charge in [-0.3, -0.25) is 4.79 Å². The molecule has 3 rings (SSSR count). The third-order valence-electron chi connectivity index (χ3n) is 4.25. The predicted molar refractivity (Wildman–Crippen MR) is 110 cm³/mol. The van der Waals surface area contributed by atoms with E-state index in [1.807, 2.05) is 0 Å². The number of ether oxygens (including phenoxy) is 1. The molecule has 0 radical (unpaired) electrons. The highest BCUT2D eigenvalue weighted by atomic mass is 35.5. The number of carbonyl (C=O) groups is 1. The molecule has 1 aliphatic rings. The molecule has 0 saturated carbocycles. The molecule has 2 aromatic rings. The summed E-state index contributed by atoms with van der Waals surface area (Å²) in [6.45, 7) is 0.934. The quantitative estimate of drug-likeness (QED) is 0.672. The molecule has 1 unspecified atom stereocenters. The van der Waals surface area contributed by atoms with Crippen molar-refractivity contribution in [3.05, 3.63) is 65.2 Å². The van der Waals surface area contributed by atoms with Crippen LogP contribution in [0.5, 0.6) is 0 Å². The first-order chi connectivity index (χ1) is 13.4. The van der Waals surface area contributed by atoms with E-state index in [1.54, 1.807) is 42.5 Å². The molecule has 6 nitrogen and oxygen atoms in total. The average molecular weight is 421 g/mol. The summed E-state index contributed by atoms with van der Waals surface area (Å²) < 4.78 is 32.6. The monoisotopic (exact) mass is 420 g/mol. The van der Waals surface area contributed by atoms with Gasteiger partial charge in [-0.05, 0) is 60.9 Å². The Bertz CT molecular complexity index is 935. The minimum absolute atomic E-state index is 0.0687. The van der Waals surface area contributed by atoms with E-state index in [-0.39, 0.29) is 23.5 Å². The predicted octanol–water partition coefficient (Wildman–Crippen LogP) is 3.45. The van der Waals surface area contributed by atoms with Gasteiger partial charge in [0.25, 0.3) is 0 Å². The molecule has 0 aromatic heterocycles. The van der Waals surface area contributed by atoms with E-state index in [2.05, 4.69) is 10.0 Å². The van der Waals surface area contributed by atoms with Crippen molar-refractivity contribution in [2.75, 3.05) is 18.5 Å². The molecular weight excluding hydrogens is 400 g/mol. The Morgan fingerprint density at radius 3 is 2.50 bits per heavy atom. The molecule has 1 atom stereocenters. The highest BCUT2D eigenvalue weighted by Gasteiger charge is 2.20. The van der Waals surface area contributed by atoms with Gasteiger partial charge in [-0.15, -0.1) is 0 Å². The lowest BCUT2D eigenvalue weighted by Crippen LogP contribution is -2.31. The SMILES string of the molecule is O=C(/C=C/c1ccc(Cl)cc1)Nc1ccc(S(=O)(=O)NCC2CCCO2)cc1. The molecule has 148 valence electrons. The largest absolute Gasteiger partial charge is 0.377 e. The van der Waals surface area contributed by atoms with Gasteiger partial charge in [-0.1, -0.05) is 23.7 Å². The Labute approximate surface area is 169 Å². The molecule has 1 aliphatic heterocycles. The van der Waals surface area contributed by atoms with Gasteiger partial charge < -0.3 is 10.1 Å². The van der Waals surface area contributed by atoms with Crippen LogP contribution in [0.25, 0.3) is 6.08 Å². The highest BCUT2D eigenvalue weighted by Crippen LogP contribution is 2.16. The first kappa shape index (κ1) is 20.5. The molecule has 1 saturated heterocycles. The lowest BCUT2D eigenvalue weighted by Gasteiger charge is -2.11. The number of rotatable bonds is 7. The van der Waals surface area contributed by atoms with Crippen molar-refractivity contribution in [2.24, 2.45) is 0 Å². The number of sulfonamides is 1. The second-order valence-corrected chi connectivity index (χ2v) is 8.59. The van der Waals surface area contributed by atoms with Crippen molar-refractivity contribution < 1.29 is 17.9 Å². The van der Waals surface area contributed by atoms with Crippen molar-refractivity contribution in [1.82, 2.24) is 4.72 Å². The van der Waals surface area contributed by atoms with E-state index in [1.165, 1.54) is 18.2 Å². The number of amides is 1. The second kappa shape index (κ2) is 9.34. The topological polar surface area (TPSA) is 84.5 Å². The number of anilines is 1. The van der Waals surface area contributed by atoms with Crippen LogP contribution in [0.1, 0.15) is 18.4 Å². The van der Waals surface area contributed by atoms with Gasteiger partial charge in [-0.25, -0.2) is 13.1 Å². The zero-order valence-electron chi connectivity index (χ0n) is 15.1. The normalized spacial score (nSPS) is 17.1. The van der Waals surface area contributed by atoms with Crippen LogP contribution in [-0.4, -0.2) is 33.6 Å². The first-order valence-corrected chi connectivity index (χ1v) is 10.7. The number of hydrogen-bond acceptors (Lipinski definition) is 4. The third-order valence-corrected chi connectivity index (χ3v) is 5.95. The average Bonchev–Trinajstić information content (AvgIpc) is 3.20. The number of hydrogen-bond donors (Lipinski definition) is 2. The first-order valence-electron chi connectivity index (χ1n) is 8.88. The van der Waals surface area contributed by atoms with Crippen molar-refractivity contribution in [3.8, 4) is 0 Å². The van der Waals surface area contributed by atoms with Crippen molar-refractivity contribution in [1.29, 1.82) is 0 Å². The second-order valence-electron chi connectivity index (χ2n) is 6.39. The lowest BCUT2D eigenvalue weighted by molar-refractivity contribution is -0.111. The van der Waals surface area contributed by atoms with E-state index in [0.717, 1.165) is 18.4 Å². The summed E-state index contributed by atoms with van der Waals surface area (Å²) in [7, 11) is -3.61. The van der Waals surface area contributed by atoms with Crippen LogP contribution in [-0.2, 0) is 19.6 Å². The zero-order valence-corrected chi connectivity index (χ0v) is 16.7. The summed E-state index contributed by atoms with van der Waals surface area (Å²) in [5.74, 6) is -0.318. The molecule has 8 heteroatoms. The van der Waals surface area contributed by atoms with Gasteiger partial charge in [0.2, 0.25) is 15.9 Å². The molecule has 28 heavy (non-hydrogen) atoms. The van der Waals surface area contributed by atoms with E-state index in [4.69, 9.17) is 16.3 Å². The van der Waals surface area contributed by atoms with E-state index in [0.29, 0.717) is 17.3 Å².